The Morgan fingerprint density at radius 3 is 2.47 bits per heavy atom. The first kappa shape index (κ1) is 22.0. The third-order valence-corrected chi connectivity index (χ3v) is 5.77. The third-order valence-electron chi connectivity index (χ3n) is 4.95. The van der Waals surface area contributed by atoms with E-state index in [2.05, 4.69) is 38.7 Å². The van der Waals surface area contributed by atoms with Gasteiger partial charge in [-0.15, -0.1) is 0 Å². The largest absolute Gasteiger partial charge is 0.492 e. The summed E-state index contributed by atoms with van der Waals surface area (Å²) in [6.45, 7) is 0.549. The number of benzene rings is 4. The van der Waals surface area contributed by atoms with Gasteiger partial charge in [0.05, 0.1) is 11.1 Å². The highest BCUT2D eigenvalue weighted by Gasteiger charge is 2.12. The van der Waals surface area contributed by atoms with Gasteiger partial charge in [0.2, 0.25) is 0 Å². The molecule has 0 unspecified atom stereocenters. The minimum absolute atomic E-state index is 0.241. The lowest BCUT2D eigenvalue weighted by Crippen LogP contribution is -2.34. The van der Waals surface area contributed by atoms with Gasteiger partial charge in [-0.2, -0.15) is 0 Å². The molecular weight excluding hydrogens is 484 g/mol. The maximum absolute atomic E-state index is 12.7. The van der Waals surface area contributed by atoms with E-state index < -0.39 is 0 Å². The van der Waals surface area contributed by atoms with Gasteiger partial charge in [0.1, 0.15) is 5.75 Å². The molecule has 0 saturated heterocycles. The Morgan fingerprint density at radius 2 is 1.66 bits per heavy atom. The summed E-state index contributed by atoms with van der Waals surface area (Å²) in [5, 5.41) is 8.23. The summed E-state index contributed by atoms with van der Waals surface area (Å²) in [4.78, 5) is 12.7. The van der Waals surface area contributed by atoms with Gasteiger partial charge in [-0.05, 0) is 63.4 Å². The van der Waals surface area contributed by atoms with Gasteiger partial charge in [0.15, 0.2) is 5.11 Å². The molecule has 0 bridgehead atoms. The number of rotatable bonds is 6. The molecule has 4 nitrogen and oxygen atoms in total. The lowest BCUT2D eigenvalue weighted by atomic mass is 10.1. The number of amides is 1. The minimum Gasteiger partial charge on any atom is -0.492 e. The van der Waals surface area contributed by atoms with E-state index in [9.17, 15) is 4.79 Å². The van der Waals surface area contributed by atoms with E-state index in [0.717, 1.165) is 22.9 Å². The molecule has 6 heteroatoms. The van der Waals surface area contributed by atoms with Crippen LogP contribution >= 0.6 is 28.1 Å². The van der Waals surface area contributed by atoms with Crippen LogP contribution in [0.15, 0.2) is 95.5 Å². The molecule has 4 aromatic carbocycles. The fraction of sp³-hybridized carbons (Fsp3) is 0.0769. The number of hydrogen-bond acceptors (Lipinski definition) is 3. The highest BCUT2D eigenvalue weighted by atomic mass is 79.9. The molecular formula is C26H21BrN2O2S. The minimum atomic E-state index is -0.292. The Kier molecular flexibility index (Phi) is 7.14. The van der Waals surface area contributed by atoms with Crippen molar-refractivity contribution in [2.45, 2.75) is 6.42 Å². The van der Waals surface area contributed by atoms with Crippen LogP contribution in [0.4, 0.5) is 5.69 Å². The zero-order chi connectivity index (χ0) is 22.3. The molecule has 160 valence electrons. The molecule has 0 atom stereocenters. The van der Waals surface area contributed by atoms with E-state index >= 15 is 0 Å². The zero-order valence-electron chi connectivity index (χ0n) is 17.2. The number of carbonyl (C=O) groups excluding carboxylic acids is 1. The van der Waals surface area contributed by atoms with E-state index in [1.165, 1.54) is 5.56 Å². The summed E-state index contributed by atoms with van der Waals surface area (Å²) >= 11 is 8.85. The molecule has 2 N–H and O–H groups in total. The van der Waals surface area contributed by atoms with Crippen LogP contribution in [0, 0.1) is 0 Å². The van der Waals surface area contributed by atoms with E-state index in [4.69, 9.17) is 17.0 Å². The Hall–Kier alpha value is -3.22. The lowest BCUT2D eigenvalue weighted by Gasteiger charge is -2.13. The quantitative estimate of drug-likeness (QED) is 0.300. The molecule has 32 heavy (non-hydrogen) atoms. The van der Waals surface area contributed by atoms with Crippen molar-refractivity contribution >= 4 is 55.6 Å². The first-order valence-corrected chi connectivity index (χ1v) is 11.4. The number of hydrogen-bond donors (Lipinski definition) is 2. The average molecular weight is 505 g/mol. The Bertz CT molecular complexity index is 1260. The van der Waals surface area contributed by atoms with Gasteiger partial charge in [-0.25, -0.2) is 0 Å². The van der Waals surface area contributed by atoms with Crippen molar-refractivity contribution in [3.05, 3.63) is 107 Å². The molecule has 0 aromatic heterocycles. The summed E-state index contributed by atoms with van der Waals surface area (Å²) in [6.07, 6.45) is 0.809. The second-order valence-electron chi connectivity index (χ2n) is 7.16. The highest BCUT2D eigenvalue weighted by molar-refractivity contribution is 9.10. The van der Waals surface area contributed by atoms with Crippen LogP contribution < -0.4 is 15.4 Å². The van der Waals surface area contributed by atoms with Gasteiger partial charge >= 0.3 is 0 Å². The first-order chi connectivity index (χ1) is 15.6. The van der Waals surface area contributed by atoms with Gasteiger partial charge in [0.25, 0.3) is 5.91 Å². The summed E-state index contributed by atoms with van der Waals surface area (Å²) in [7, 11) is 0. The maximum atomic E-state index is 12.7. The van der Waals surface area contributed by atoms with Crippen LogP contribution in [-0.4, -0.2) is 17.6 Å². The summed E-state index contributed by atoms with van der Waals surface area (Å²) < 4.78 is 6.57. The predicted octanol–water partition coefficient (Wildman–Crippen LogP) is 6.35. The monoisotopic (exact) mass is 504 g/mol. The van der Waals surface area contributed by atoms with Crippen molar-refractivity contribution in [3.8, 4) is 5.75 Å². The first-order valence-electron chi connectivity index (χ1n) is 10.2. The predicted molar refractivity (Wildman–Crippen MR) is 137 cm³/mol. The second kappa shape index (κ2) is 10.4. The smallest absolute Gasteiger partial charge is 0.257 e. The Morgan fingerprint density at radius 1 is 0.906 bits per heavy atom. The Balaban J connectivity index is 1.35. The zero-order valence-corrected chi connectivity index (χ0v) is 19.6. The fourth-order valence-corrected chi connectivity index (χ4v) is 4.04. The second-order valence-corrected chi connectivity index (χ2v) is 8.43. The molecule has 4 rings (SSSR count). The van der Waals surface area contributed by atoms with Crippen molar-refractivity contribution in [1.82, 2.24) is 5.32 Å². The molecule has 0 radical (unpaired) electrons. The molecule has 0 fully saturated rings. The number of thiocarbonyl (C=S) groups is 1. The number of ether oxygens (including phenoxy) is 1. The van der Waals surface area contributed by atoms with Crippen LogP contribution in [0.1, 0.15) is 15.9 Å². The van der Waals surface area contributed by atoms with Crippen LogP contribution in [0.2, 0.25) is 0 Å². The summed E-state index contributed by atoms with van der Waals surface area (Å²) in [6, 6.07) is 29.3. The number of anilines is 1. The number of fused-ring (bicyclic) bond motifs is 1. The van der Waals surface area contributed by atoms with Gasteiger partial charge in [0, 0.05) is 23.1 Å². The molecule has 0 heterocycles. The van der Waals surface area contributed by atoms with Gasteiger partial charge < -0.3 is 10.1 Å². The highest BCUT2D eigenvalue weighted by Crippen LogP contribution is 2.26. The van der Waals surface area contributed by atoms with Gasteiger partial charge in [-0.1, -0.05) is 66.7 Å². The average Bonchev–Trinajstić information content (AvgIpc) is 2.81. The number of nitrogens with one attached hydrogen (secondary N) is 2. The molecule has 1 amide bonds. The Labute approximate surface area is 200 Å². The molecule has 4 aromatic rings. The van der Waals surface area contributed by atoms with Crippen molar-refractivity contribution in [1.29, 1.82) is 0 Å². The van der Waals surface area contributed by atoms with E-state index in [0.29, 0.717) is 22.4 Å². The van der Waals surface area contributed by atoms with Crippen LogP contribution in [0.3, 0.4) is 0 Å². The number of carbonyl (C=O) groups is 1. The normalized spacial score (nSPS) is 10.5. The van der Waals surface area contributed by atoms with Crippen molar-refractivity contribution < 1.29 is 9.53 Å². The fourth-order valence-electron chi connectivity index (χ4n) is 3.35. The van der Waals surface area contributed by atoms with E-state index in [1.807, 2.05) is 60.7 Å². The lowest BCUT2D eigenvalue weighted by molar-refractivity contribution is 0.0977. The standard InChI is InChI=1S/C26H21BrN2O2S/c27-22-17-20(13-14-24(22)31-16-15-18-7-2-1-3-8-18)25(30)29-26(32)28-23-12-6-10-19-9-4-5-11-21(19)23/h1-14,17H,15-16H2,(H2,28,29,30,32). The molecule has 0 aliphatic rings. The van der Waals surface area contributed by atoms with E-state index in [1.54, 1.807) is 18.2 Å². The van der Waals surface area contributed by atoms with Crippen LogP contribution in [0.5, 0.6) is 5.75 Å². The van der Waals surface area contributed by atoms with Gasteiger partial charge in [-0.3, -0.25) is 10.1 Å². The molecule has 0 aliphatic heterocycles. The third kappa shape index (κ3) is 5.52. The SMILES string of the molecule is O=C(NC(=S)Nc1cccc2ccccc12)c1ccc(OCCc2ccccc2)c(Br)c1. The van der Waals surface area contributed by atoms with Crippen LogP contribution in [-0.2, 0) is 6.42 Å². The maximum Gasteiger partial charge on any atom is 0.257 e. The van der Waals surface area contributed by atoms with Crippen molar-refractivity contribution in [2.75, 3.05) is 11.9 Å². The molecule has 0 saturated carbocycles. The summed E-state index contributed by atoms with van der Waals surface area (Å²) in [5.41, 5.74) is 2.54. The molecule has 0 aliphatic carbocycles. The van der Waals surface area contributed by atoms with Crippen LogP contribution in [0.25, 0.3) is 10.8 Å². The number of halogens is 1. The van der Waals surface area contributed by atoms with Crippen molar-refractivity contribution in [2.24, 2.45) is 0 Å². The summed E-state index contributed by atoms with van der Waals surface area (Å²) in [5.74, 6) is 0.396. The van der Waals surface area contributed by atoms with E-state index in [-0.39, 0.29) is 11.0 Å². The molecule has 0 spiro atoms. The van der Waals surface area contributed by atoms with Crippen molar-refractivity contribution in [3.63, 3.8) is 0 Å². The topological polar surface area (TPSA) is 50.4 Å².